The number of aromatic hydroxyl groups is 1. The molecule has 1 unspecified atom stereocenters. The minimum absolute atomic E-state index is 0.0252. The van der Waals surface area contributed by atoms with E-state index in [-0.39, 0.29) is 34.2 Å². The molecule has 0 radical (unpaired) electrons. The van der Waals surface area contributed by atoms with Crippen LogP contribution in [0.4, 0.5) is 17.1 Å². The Bertz CT molecular complexity index is 1330. The monoisotopic (exact) mass is 499 g/mol. The van der Waals surface area contributed by atoms with Gasteiger partial charge in [0.2, 0.25) is 0 Å². The lowest BCUT2D eigenvalue weighted by atomic mass is 9.78. The molecule has 1 atom stereocenters. The van der Waals surface area contributed by atoms with E-state index >= 15 is 0 Å². The molecule has 1 aliphatic carbocycles. The van der Waals surface area contributed by atoms with Crippen molar-refractivity contribution >= 4 is 34.3 Å². The van der Waals surface area contributed by atoms with Gasteiger partial charge in [0, 0.05) is 20.3 Å². The van der Waals surface area contributed by atoms with E-state index in [9.17, 15) is 19.5 Å². The van der Waals surface area contributed by atoms with Crippen molar-refractivity contribution in [3.8, 4) is 10.8 Å². The molecule has 0 aliphatic heterocycles. The van der Waals surface area contributed by atoms with Gasteiger partial charge in [-0.25, -0.2) is 9.97 Å². The number of ether oxygens (including phenoxy) is 1. The normalized spacial score (nSPS) is 15.7. The van der Waals surface area contributed by atoms with Gasteiger partial charge in [-0.2, -0.15) is 0 Å². The number of carbonyl (C=O) groups excluding carboxylic acids is 1. The highest BCUT2D eigenvalue weighted by atomic mass is 32.1. The molecular formula is C24H29N5O5S. The van der Waals surface area contributed by atoms with E-state index < -0.39 is 22.5 Å². The van der Waals surface area contributed by atoms with Crippen LogP contribution in [-0.4, -0.2) is 47.1 Å². The molecule has 3 N–H and O–H groups in total. The average molecular weight is 500 g/mol. The van der Waals surface area contributed by atoms with E-state index in [4.69, 9.17) is 9.72 Å². The van der Waals surface area contributed by atoms with Crippen molar-refractivity contribution < 1.29 is 14.6 Å². The van der Waals surface area contributed by atoms with E-state index in [1.54, 1.807) is 21.2 Å². The molecule has 0 spiro atoms. The minimum Gasteiger partial charge on any atom is -0.504 e. The molecule has 0 saturated heterocycles. The van der Waals surface area contributed by atoms with Crippen LogP contribution in [0, 0.1) is 12.3 Å². The largest absolute Gasteiger partial charge is 0.504 e. The summed E-state index contributed by atoms with van der Waals surface area (Å²) in [5.41, 5.74) is -0.754. The van der Waals surface area contributed by atoms with Crippen molar-refractivity contribution in [1.82, 2.24) is 14.9 Å². The summed E-state index contributed by atoms with van der Waals surface area (Å²) in [4.78, 5) is 47.5. The fraction of sp³-hybridized carbons (Fsp3) is 0.458. The quantitative estimate of drug-likeness (QED) is 0.399. The molecule has 1 aromatic carbocycles. The number of pyridine rings is 1. The van der Waals surface area contributed by atoms with Crippen molar-refractivity contribution in [2.75, 3.05) is 31.8 Å². The number of nitrogens with one attached hydrogen (secondary N) is 2. The van der Waals surface area contributed by atoms with Gasteiger partial charge in [0.05, 0.1) is 23.8 Å². The molecule has 4 rings (SSSR count). The number of anilines is 3. The van der Waals surface area contributed by atoms with E-state index in [1.807, 2.05) is 6.92 Å². The summed E-state index contributed by atoms with van der Waals surface area (Å²) in [6.45, 7) is 4.05. The van der Waals surface area contributed by atoms with Gasteiger partial charge < -0.3 is 25.4 Å². The number of amides is 1. The average Bonchev–Trinajstić information content (AvgIpc) is 3.44. The second kappa shape index (κ2) is 9.29. The molecule has 2 heterocycles. The maximum absolute atomic E-state index is 12.7. The summed E-state index contributed by atoms with van der Waals surface area (Å²) in [5.74, 6) is -0.893. The molecule has 1 fully saturated rings. The summed E-state index contributed by atoms with van der Waals surface area (Å²) < 4.78 is 5.58. The van der Waals surface area contributed by atoms with Crippen molar-refractivity contribution in [2.24, 2.45) is 5.41 Å². The molecule has 35 heavy (non-hydrogen) atoms. The van der Waals surface area contributed by atoms with Gasteiger partial charge in [0.25, 0.3) is 16.8 Å². The van der Waals surface area contributed by atoms with Gasteiger partial charge in [-0.15, -0.1) is 0 Å². The fourth-order valence-corrected chi connectivity index (χ4v) is 5.41. The Labute approximate surface area is 206 Å². The van der Waals surface area contributed by atoms with E-state index in [0.29, 0.717) is 10.8 Å². The maximum atomic E-state index is 12.7. The van der Waals surface area contributed by atoms with Crippen LogP contribution in [0.3, 0.4) is 0 Å². The Morgan fingerprint density at radius 3 is 2.51 bits per heavy atom. The molecule has 1 amide bonds. The Morgan fingerprint density at radius 1 is 1.23 bits per heavy atom. The van der Waals surface area contributed by atoms with Crippen molar-refractivity contribution in [3.63, 3.8) is 0 Å². The lowest BCUT2D eigenvalue weighted by Gasteiger charge is -2.35. The number of thiazole rings is 1. The second-order valence-corrected chi connectivity index (χ2v) is 10.5. The zero-order valence-electron chi connectivity index (χ0n) is 20.4. The van der Waals surface area contributed by atoms with Crippen LogP contribution in [0.1, 0.15) is 59.8 Å². The number of carbonyl (C=O) groups is 1. The van der Waals surface area contributed by atoms with Crippen LogP contribution in [0.15, 0.2) is 21.9 Å². The molecule has 10 nitrogen and oxygen atoms in total. The molecule has 3 aromatic rings. The summed E-state index contributed by atoms with van der Waals surface area (Å²) in [5, 5.41) is 18.3. The SMILES string of the molecule is COc1sc(C)nc1C(Nc1c(Nc2ccnc(C(=O)N(C)C)c2O)c(=O)c1=O)C1(C)CCCC1. The molecular weight excluding hydrogens is 470 g/mol. The van der Waals surface area contributed by atoms with Gasteiger partial charge in [-0.1, -0.05) is 31.1 Å². The van der Waals surface area contributed by atoms with Gasteiger partial charge in [-0.3, -0.25) is 14.4 Å². The number of aryl methyl sites for hydroxylation is 1. The predicted molar refractivity (Wildman–Crippen MR) is 135 cm³/mol. The first-order valence-electron chi connectivity index (χ1n) is 11.3. The first-order valence-corrected chi connectivity index (χ1v) is 12.2. The number of hydrogen-bond acceptors (Lipinski definition) is 10. The third-order valence-corrected chi connectivity index (χ3v) is 7.57. The zero-order chi connectivity index (χ0) is 25.5. The van der Waals surface area contributed by atoms with Gasteiger partial charge in [-0.05, 0) is 31.2 Å². The predicted octanol–water partition coefficient (Wildman–Crippen LogP) is 3.34. The summed E-state index contributed by atoms with van der Waals surface area (Å²) in [6.07, 6.45) is 5.34. The van der Waals surface area contributed by atoms with Gasteiger partial charge in [0.15, 0.2) is 16.5 Å². The summed E-state index contributed by atoms with van der Waals surface area (Å²) in [6, 6.07) is 1.08. The van der Waals surface area contributed by atoms with Crippen LogP contribution in [0.2, 0.25) is 0 Å². The highest BCUT2D eigenvalue weighted by molar-refractivity contribution is 7.13. The molecule has 186 valence electrons. The Kier molecular flexibility index (Phi) is 6.54. The number of aromatic nitrogens is 2. The zero-order valence-corrected chi connectivity index (χ0v) is 21.2. The Hall–Kier alpha value is -3.47. The standard InChI is InChI=1S/C24H29N5O5S/c1-12-26-17(23(34-5)35-12)21(24(2)9-6-7-10-24)28-15-14(19(31)20(15)32)27-13-8-11-25-16(18(13)30)22(33)29(3)4/h8,11,21,28,30H,6-7,9-10H2,1-5H3,(H,25,27). The molecule has 0 bridgehead atoms. The first-order chi connectivity index (χ1) is 16.6. The summed E-state index contributed by atoms with van der Waals surface area (Å²) >= 11 is 1.43. The van der Waals surface area contributed by atoms with E-state index in [0.717, 1.165) is 30.7 Å². The van der Waals surface area contributed by atoms with Crippen molar-refractivity contribution in [3.05, 3.63) is 49.1 Å². The topological polar surface area (TPSA) is 134 Å². The third kappa shape index (κ3) is 4.36. The molecule has 2 aromatic heterocycles. The fourth-order valence-electron chi connectivity index (χ4n) is 4.65. The van der Waals surface area contributed by atoms with Crippen LogP contribution in [-0.2, 0) is 0 Å². The molecule has 1 saturated carbocycles. The van der Waals surface area contributed by atoms with Crippen LogP contribution in [0.25, 0.3) is 0 Å². The smallest absolute Gasteiger partial charge is 0.275 e. The van der Waals surface area contributed by atoms with E-state index in [1.165, 1.54) is 28.5 Å². The lowest BCUT2D eigenvalue weighted by molar-refractivity contribution is 0.0819. The van der Waals surface area contributed by atoms with Crippen LogP contribution < -0.4 is 26.2 Å². The second-order valence-electron chi connectivity index (χ2n) is 9.34. The number of rotatable bonds is 8. The minimum atomic E-state index is -0.707. The molecule has 1 aliphatic rings. The first kappa shape index (κ1) is 24.6. The van der Waals surface area contributed by atoms with E-state index in [2.05, 4.69) is 22.5 Å². The lowest BCUT2D eigenvalue weighted by Crippen LogP contribution is -2.40. The highest BCUT2D eigenvalue weighted by Gasteiger charge is 2.42. The van der Waals surface area contributed by atoms with Gasteiger partial charge >= 0.3 is 0 Å². The maximum Gasteiger partial charge on any atom is 0.275 e. The van der Waals surface area contributed by atoms with Crippen molar-refractivity contribution in [2.45, 2.75) is 45.6 Å². The van der Waals surface area contributed by atoms with Gasteiger partial charge in [0.1, 0.15) is 17.1 Å². The highest BCUT2D eigenvalue weighted by Crippen LogP contribution is 2.51. The van der Waals surface area contributed by atoms with Crippen LogP contribution >= 0.6 is 11.3 Å². The van der Waals surface area contributed by atoms with Crippen LogP contribution in [0.5, 0.6) is 10.8 Å². The summed E-state index contributed by atoms with van der Waals surface area (Å²) in [7, 11) is 4.68. The Balaban J connectivity index is 1.72. The number of hydrogen-bond donors (Lipinski definition) is 3. The number of methoxy groups -OCH3 is 1. The third-order valence-electron chi connectivity index (χ3n) is 6.62. The van der Waals surface area contributed by atoms with Crippen molar-refractivity contribution in [1.29, 1.82) is 0 Å². The molecule has 11 heteroatoms. The number of nitrogens with zero attached hydrogens (tertiary/aromatic N) is 3. The Morgan fingerprint density at radius 2 is 1.89 bits per heavy atom.